The first kappa shape index (κ1) is 18.4. The minimum atomic E-state index is 0. The zero-order chi connectivity index (χ0) is 8.69. The molecule has 0 saturated carbocycles. The lowest BCUT2D eigenvalue weighted by Gasteiger charge is -2.09. The summed E-state index contributed by atoms with van der Waals surface area (Å²) in [6, 6.07) is 0. The third-order valence-electron chi connectivity index (χ3n) is 1.30. The molecular formula is C8H19NO3S. The van der Waals surface area contributed by atoms with Crippen molar-refractivity contribution in [2.75, 3.05) is 12.9 Å². The second-order valence-corrected chi connectivity index (χ2v) is 3.00. The molecule has 80 valence electrons. The van der Waals surface area contributed by atoms with Gasteiger partial charge in [0.2, 0.25) is 0 Å². The standard InChI is InChI=1S/C8H15NOS.2H2O/c1-4-8(5-7(2)9)6-10-11-3;;/h4,8-9H,1,5-6H2,2-3H3;2*1H2/t8-;;/m1../s1. The van der Waals surface area contributed by atoms with Gasteiger partial charge < -0.3 is 20.5 Å². The van der Waals surface area contributed by atoms with Gasteiger partial charge in [-0.3, -0.25) is 0 Å². The molecule has 0 aliphatic rings. The van der Waals surface area contributed by atoms with Crippen LogP contribution in [0.5, 0.6) is 0 Å². The van der Waals surface area contributed by atoms with E-state index < -0.39 is 0 Å². The molecule has 5 heteroatoms. The van der Waals surface area contributed by atoms with Crippen LogP contribution in [0.2, 0.25) is 0 Å². The van der Waals surface area contributed by atoms with Gasteiger partial charge >= 0.3 is 0 Å². The molecule has 0 aromatic rings. The molecule has 0 radical (unpaired) electrons. The Bertz CT molecular complexity index is 141. The smallest absolute Gasteiger partial charge is 0.0679 e. The summed E-state index contributed by atoms with van der Waals surface area (Å²) in [5, 5.41) is 7.25. The molecule has 5 N–H and O–H groups in total. The van der Waals surface area contributed by atoms with E-state index >= 15 is 0 Å². The van der Waals surface area contributed by atoms with E-state index in [0.717, 1.165) is 6.42 Å². The van der Waals surface area contributed by atoms with Gasteiger partial charge in [0.15, 0.2) is 0 Å². The summed E-state index contributed by atoms with van der Waals surface area (Å²) in [6.07, 6.45) is 4.48. The van der Waals surface area contributed by atoms with Crippen molar-refractivity contribution in [3.05, 3.63) is 12.7 Å². The fourth-order valence-corrected chi connectivity index (χ4v) is 1.07. The molecule has 0 saturated heterocycles. The van der Waals surface area contributed by atoms with Crippen LogP contribution in [0.3, 0.4) is 0 Å². The molecule has 0 amide bonds. The zero-order valence-corrected chi connectivity index (χ0v) is 8.91. The molecule has 0 aromatic heterocycles. The van der Waals surface area contributed by atoms with E-state index in [1.807, 2.05) is 12.3 Å². The molecule has 0 aliphatic carbocycles. The van der Waals surface area contributed by atoms with Crippen LogP contribution in [-0.2, 0) is 4.18 Å². The van der Waals surface area contributed by atoms with Crippen LogP contribution >= 0.6 is 12.0 Å². The summed E-state index contributed by atoms with van der Waals surface area (Å²) in [5.41, 5.74) is 0.680. The van der Waals surface area contributed by atoms with Crippen LogP contribution in [0.1, 0.15) is 13.3 Å². The van der Waals surface area contributed by atoms with E-state index in [9.17, 15) is 0 Å². The molecule has 0 heterocycles. The molecule has 13 heavy (non-hydrogen) atoms. The molecule has 0 aromatic carbocycles. The third-order valence-corrected chi connectivity index (χ3v) is 1.67. The summed E-state index contributed by atoms with van der Waals surface area (Å²) >= 11 is 1.35. The van der Waals surface area contributed by atoms with E-state index in [1.54, 1.807) is 6.92 Å². The van der Waals surface area contributed by atoms with Gasteiger partial charge in [-0.2, -0.15) is 0 Å². The lowest BCUT2D eigenvalue weighted by molar-refractivity contribution is 0.326. The van der Waals surface area contributed by atoms with Crippen molar-refractivity contribution in [2.45, 2.75) is 13.3 Å². The third kappa shape index (κ3) is 11.6. The average Bonchev–Trinajstić information content (AvgIpc) is 1.97. The van der Waals surface area contributed by atoms with E-state index in [-0.39, 0.29) is 11.0 Å². The van der Waals surface area contributed by atoms with Crippen molar-refractivity contribution in [3.63, 3.8) is 0 Å². The fraction of sp³-hybridized carbons (Fsp3) is 0.625. The van der Waals surface area contributed by atoms with Crippen molar-refractivity contribution in [2.24, 2.45) is 5.92 Å². The number of rotatable bonds is 6. The summed E-state index contributed by atoms with van der Waals surface area (Å²) in [4.78, 5) is 0. The minimum absolute atomic E-state index is 0. The van der Waals surface area contributed by atoms with Crippen molar-refractivity contribution >= 4 is 17.8 Å². The molecule has 0 spiro atoms. The van der Waals surface area contributed by atoms with Crippen LogP contribution in [0, 0.1) is 11.3 Å². The van der Waals surface area contributed by atoms with Crippen molar-refractivity contribution < 1.29 is 15.1 Å². The Balaban J connectivity index is -0.000000500. The predicted octanol–water partition coefficient (Wildman–Crippen LogP) is 0.864. The van der Waals surface area contributed by atoms with Gasteiger partial charge in [-0.15, -0.1) is 6.58 Å². The lowest BCUT2D eigenvalue weighted by Crippen LogP contribution is -2.07. The Kier molecular flexibility index (Phi) is 16.5. The van der Waals surface area contributed by atoms with E-state index in [2.05, 4.69) is 6.58 Å². The van der Waals surface area contributed by atoms with Crippen LogP contribution in [0.25, 0.3) is 0 Å². The van der Waals surface area contributed by atoms with Crippen LogP contribution in [0.4, 0.5) is 0 Å². The average molecular weight is 209 g/mol. The second kappa shape index (κ2) is 11.6. The molecule has 0 bridgehead atoms. The van der Waals surface area contributed by atoms with E-state index in [0.29, 0.717) is 18.2 Å². The SMILES string of the molecule is C=C[C@@H](COSC)CC(C)=N.O.O. The molecule has 0 rings (SSSR count). The van der Waals surface area contributed by atoms with Crippen molar-refractivity contribution in [1.82, 2.24) is 0 Å². The molecular weight excluding hydrogens is 190 g/mol. The minimum Gasteiger partial charge on any atom is -0.412 e. The first-order valence-electron chi connectivity index (χ1n) is 3.53. The summed E-state index contributed by atoms with van der Waals surface area (Å²) in [5.74, 6) is 0.292. The number of hydrogen-bond donors (Lipinski definition) is 1. The zero-order valence-electron chi connectivity index (χ0n) is 8.09. The highest BCUT2D eigenvalue weighted by Crippen LogP contribution is 2.08. The number of nitrogens with one attached hydrogen (secondary N) is 1. The highest BCUT2D eigenvalue weighted by molar-refractivity contribution is 7.93. The Hall–Kier alpha value is -0.360. The van der Waals surface area contributed by atoms with Gasteiger partial charge in [0, 0.05) is 17.9 Å². The Morgan fingerprint density at radius 2 is 2.15 bits per heavy atom. The van der Waals surface area contributed by atoms with Crippen LogP contribution in [0.15, 0.2) is 12.7 Å². The highest BCUT2D eigenvalue weighted by Gasteiger charge is 2.04. The Labute approximate surface area is 83.7 Å². The summed E-state index contributed by atoms with van der Waals surface area (Å²) < 4.78 is 5.14. The maximum Gasteiger partial charge on any atom is 0.0679 e. The molecule has 0 fully saturated rings. The first-order valence-corrected chi connectivity index (χ1v) is 4.68. The van der Waals surface area contributed by atoms with Crippen LogP contribution in [-0.4, -0.2) is 29.5 Å². The molecule has 0 unspecified atom stereocenters. The molecule has 4 nitrogen and oxygen atoms in total. The molecule has 1 atom stereocenters. The van der Waals surface area contributed by atoms with Crippen molar-refractivity contribution in [1.29, 1.82) is 5.41 Å². The lowest BCUT2D eigenvalue weighted by atomic mass is 10.0. The fourth-order valence-electron chi connectivity index (χ4n) is 0.759. The van der Waals surface area contributed by atoms with Gasteiger partial charge in [0.1, 0.15) is 0 Å². The second-order valence-electron chi connectivity index (χ2n) is 2.43. The molecule has 0 aliphatic heterocycles. The van der Waals surface area contributed by atoms with Crippen LogP contribution < -0.4 is 0 Å². The van der Waals surface area contributed by atoms with Gasteiger partial charge in [-0.25, -0.2) is 0 Å². The van der Waals surface area contributed by atoms with E-state index in [1.165, 1.54) is 12.0 Å². The van der Waals surface area contributed by atoms with Gasteiger partial charge in [0.05, 0.1) is 6.61 Å². The Morgan fingerprint density at radius 3 is 2.46 bits per heavy atom. The highest BCUT2D eigenvalue weighted by atomic mass is 32.2. The Morgan fingerprint density at radius 1 is 1.62 bits per heavy atom. The van der Waals surface area contributed by atoms with Crippen molar-refractivity contribution in [3.8, 4) is 0 Å². The normalized spacial score (nSPS) is 10.6. The van der Waals surface area contributed by atoms with E-state index in [4.69, 9.17) is 9.59 Å². The van der Waals surface area contributed by atoms with Gasteiger partial charge in [-0.05, 0) is 25.4 Å². The predicted molar refractivity (Wildman–Crippen MR) is 58.4 cm³/mol. The maximum absolute atomic E-state index is 7.25. The maximum atomic E-state index is 7.25. The number of hydrogen-bond acceptors (Lipinski definition) is 3. The topological polar surface area (TPSA) is 96.1 Å². The van der Waals surface area contributed by atoms with Gasteiger partial charge in [-0.1, -0.05) is 6.08 Å². The first-order chi connectivity index (χ1) is 5.20. The quantitative estimate of drug-likeness (QED) is 0.399. The summed E-state index contributed by atoms with van der Waals surface area (Å²) in [7, 11) is 0. The largest absolute Gasteiger partial charge is 0.412 e. The summed E-state index contributed by atoms with van der Waals surface area (Å²) in [6.45, 7) is 6.14. The monoisotopic (exact) mass is 209 g/mol. The van der Waals surface area contributed by atoms with Gasteiger partial charge in [0.25, 0.3) is 0 Å².